The van der Waals surface area contributed by atoms with Gasteiger partial charge in [-0.25, -0.2) is 4.74 Å². The smallest absolute Gasteiger partial charge is 0.152 e. The molecule has 0 radical (unpaired) electrons. The normalized spacial score (nSPS) is 11.8. The largest absolute Gasteiger partial charge is 0.463 e. The molecule has 4 aromatic carbocycles. The number of hydrogen-bond donors (Lipinski definition) is 0. The zero-order chi connectivity index (χ0) is 22.3. The number of furan rings is 1. The predicted molar refractivity (Wildman–Crippen MR) is 141 cm³/mol. The molecule has 5 aromatic rings. The van der Waals surface area contributed by atoms with Gasteiger partial charge in [-0.1, -0.05) is 121 Å². The monoisotopic (exact) mass is 445 g/mol. The van der Waals surface area contributed by atoms with Gasteiger partial charge in [-0.2, -0.15) is 0 Å². The van der Waals surface area contributed by atoms with Crippen LogP contribution in [0.2, 0.25) is 0 Å². The fraction of sp³-hybridized carbons (Fsp3) is 0. The lowest BCUT2D eigenvalue weighted by molar-refractivity contribution is 0.552. The highest BCUT2D eigenvalue weighted by Gasteiger charge is 2.28. The molecular formula is C30H24NOP. The standard InChI is InChI=1S/C30H24NOP/c1-5-14-25(15-6-1)24-29(30-22-13-23-32-30)31-33(26-16-7-2-8-17-26,27-18-9-3-10-19-27)28-20-11-4-12-21-28/h1-24H/b29-24-. The minimum atomic E-state index is -2.39. The third-order valence-corrected chi connectivity index (χ3v) is 9.18. The Labute approximate surface area is 194 Å². The Hall–Kier alpha value is -3.87. The second-order valence-electron chi connectivity index (χ2n) is 7.66. The van der Waals surface area contributed by atoms with E-state index in [1.165, 1.54) is 15.9 Å². The molecule has 0 saturated carbocycles. The Balaban J connectivity index is 1.90. The van der Waals surface area contributed by atoms with Gasteiger partial charge < -0.3 is 4.42 Å². The van der Waals surface area contributed by atoms with Crippen molar-refractivity contribution in [2.75, 3.05) is 0 Å². The number of nitrogens with zero attached hydrogens (tertiary/aromatic N) is 1. The summed E-state index contributed by atoms with van der Waals surface area (Å²) < 4.78 is 11.5. The summed E-state index contributed by atoms with van der Waals surface area (Å²) in [6.07, 6.45) is 3.82. The maximum absolute atomic E-state index is 5.88. The van der Waals surface area contributed by atoms with Crippen LogP contribution in [0.5, 0.6) is 0 Å². The molecule has 0 aliphatic heterocycles. The first-order chi connectivity index (χ1) is 16.4. The average molecular weight is 446 g/mol. The van der Waals surface area contributed by atoms with E-state index in [0.717, 1.165) is 17.0 Å². The van der Waals surface area contributed by atoms with Crippen LogP contribution in [0.4, 0.5) is 0 Å². The summed E-state index contributed by atoms with van der Waals surface area (Å²) in [5, 5.41) is 3.61. The lowest BCUT2D eigenvalue weighted by Gasteiger charge is -2.27. The molecule has 1 aromatic heterocycles. The Morgan fingerprint density at radius 2 is 1.00 bits per heavy atom. The van der Waals surface area contributed by atoms with E-state index in [4.69, 9.17) is 9.16 Å². The van der Waals surface area contributed by atoms with E-state index in [2.05, 4.69) is 109 Å². The Bertz CT molecular complexity index is 1270. The van der Waals surface area contributed by atoms with Crippen molar-refractivity contribution in [2.24, 2.45) is 4.74 Å². The number of rotatable bonds is 6. The van der Waals surface area contributed by atoms with Crippen LogP contribution in [0.3, 0.4) is 0 Å². The molecule has 0 unspecified atom stereocenters. The highest BCUT2D eigenvalue weighted by Crippen LogP contribution is 2.49. The quantitative estimate of drug-likeness (QED) is 0.260. The summed E-state index contributed by atoms with van der Waals surface area (Å²) in [6.45, 7) is 0. The fourth-order valence-electron chi connectivity index (χ4n) is 3.99. The minimum Gasteiger partial charge on any atom is -0.463 e. The number of hydrogen-bond acceptors (Lipinski definition) is 2. The topological polar surface area (TPSA) is 25.5 Å². The molecule has 0 aliphatic carbocycles. The zero-order valence-corrected chi connectivity index (χ0v) is 19.1. The van der Waals surface area contributed by atoms with Crippen LogP contribution >= 0.6 is 7.05 Å². The third-order valence-electron chi connectivity index (χ3n) is 5.52. The zero-order valence-electron chi connectivity index (χ0n) is 18.2. The third kappa shape index (κ3) is 4.39. The minimum absolute atomic E-state index is 0.756. The molecule has 0 bridgehead atoms. The van der Waals surface area contributed by atoms with Crippen LogP contribution in [-0.2, 0) is 0 Å². The maximum Gasteiger partial charge on any atom is 0.152 e. The van der Waals surface area contributed by atoms with Crippen molar-refractivity contribution in [3.63, 3.8) is 0 Å². The molecule has 33 heavy (non-hydrogen) atoms. The van der Waals surface area contributed by atoms with Gasteiger partial charge in [0.2, 0.25) is 0 Å². The molecule has 0 saturated heterocycles. The van der Waals surface area contributed by atoms with E-state index >= 15 is 0 Å². The van der Waals surface area contributed by atoms with Crippen molar-refractivity contribution in [2.45, 2.75) is 0 Å². The molecule has 0 spiro atoms. The summed E-state index contributed by atoms with van der Waals surface area (Å²) in [5.41, 5.74) is 1.91. The molecule has 3 heteroatoms. The molecule has 1 heterocycles. The Morgan fingerprint density at radius 1 is 0.545 bits per heavy atom. The van der Waals surface area contributed by atoms with Gasteiger partial charge in [0.05, 0.1) is 13.3 Å². The molecule has 0 atom stereocenters. The first-order valence-corrected chi connectivity index (χ1v) is 12.7. The van der Waals surface area contributed by atoms with Crippen molar-refractivity contribution < 1.29 is 4.42 Å². The SMILES string of the molecule is C(=C(/N=P(c1ccccc1)(c1ccccc1)c1ccccc1)c1ccco1)/c1ccccc1. The van der Waals surface area contributed by atoms with E-state index in [9.17, 15) is 0 Å². The van der Waals surface area contributed by atoms with Crippen LogP contribution in [0, 0.1) is 0 Å². The van der Waals surface area contributed by atoms with Crippen LogP contribution < -0.4 is 15.9 Å². The highest BCUT2D eigenvalue weighted by molar-refractivity contribution is 7.87. The molecule has 0 fully saturated rings. The van der Waals surface area contributed by atoms with Crippen LogP contribution in [-0.4, -0.2) is 0 Å². The molecule has 0 N–H and O–H groups in total. The number of benzene rings is 4. The van der Waals surface area contributed by atoms with Crippen molar-refractivity contribution in [1.29, 1.82) is 0 Å². The van der Waals surface area contributed by atoms with Crippen LogP contribution in [0.1, 0.15) is 11.3 Å². The summed E-state index contributed by atoms with van der Waals surface area (Å²) in [5.74, 6) is 0.756. The van der Waals surface area contributed by atoms with E-state index < -0.39 is 7.05 Å². The van der Waals surface area contributed by atoms with Crippen molar-refractivity contribution in [1.82, 2.24) is 0 Å². The van der Waals surface area contributed by atoms with E-state index in [1.807, 2.05) is 30.3 Å². The summed E-state index contributed by atoms with van der Waals surface area (Å²) in [7, 11) is -2.39. The summed E-state index contributed by atoms with van der Waals surface area (Å²) in [4.78, 5) is 0. The van der Waals surface area contributed by atoms with Gasteiger partial charge in [-0.05, 0) is 23.8 Å². The van der Waals surface area contributed by atoms with Crippen LogP contribution in [0.15, 0.2) is 149 Å². The molecule has 0 aliphatic rings. The molecule has 160 valence electrons. The molecule has 0 amide bonds. The van der Waals surface area contributed by atoms with Gasteiger partial charge in [0.1, 0.15) is 5.70 Å². The molecular weight excluding hydrogens is 421 g/mol. The Kier molecular flexibility index (Phi) is 6.19. The lowest BCUT2D eigenvalue weighted by Crippen LogP contribution is -2.25. The fourth-order valence-corrected chi connectivity index (χ4v) is 7.53. The van der Waals surface area contributed by atoms with Crippen molar-refractivity contribution in [3.05, 3.63) is 151 Å². The molecule has 5 rings (SSSR count). The van der Waals surface area contributed by atoms with Gasteiger partial charge >= 0.3 is 0 Å². The van der Waals surface area contributed by atoms with Gasteiger partial charge in [0.15, 0.2) is 5.76 Å². The van der Waals surface area contributed by atoms with E-state index in [0.29, 0.717) is 0 Å². The first-order valence-electron chi connectivity index (χ1n) is 11.0. The van der Waals surface area contributed by atoms with Crippen molar-refractivity contribution >= 4 is 34.7 Å². The van der Waals surface area contributed by atoms with Gasteiger partial charge in [-0.15, -0.1) is 0 Å². The molecule has 2 nitrogen and oxygen atoms in total. The van der Waals surface area contributed by atoms with Gasteiger partial charge in [0, 0.05) is 15.9 Å². The summed E-state index contributed by atoms with van der Waals surface area (Å²) >= 11 is 0. The highest BCUT2D eigenvalue weighted by atomic mass is 31.2. The van der Waals surface area contributed by atoms with Crippen LogP contribution in [0.25, 0.3) is 11.8 Å². The van der Waals surface area contributed by atoms with Gasteiger partial charge in [-0.3, -0.25) is 0 Å². The second-order valence-corrected chi connectivity index (χ2v) is 10.7. The maximum atomic E-state index is 5.88. The predicted octanol–water partition coefficient (Wildman–Crippen LogP) is 6.96. The first kappa shape index (κ1) is 21.0. The second kappa shape index (κ2) is 9.73. The van der Waals surface area contributed by atoms with Gasteiger partial charge in [0.25, 0.3) is 0 Å². The Morgan fingerprint density at radius 3 is 1.42 bits per heavy atom. The lowest BCUT2D eigenvalue weighted by atomic mass is 10.2. The summed E-state index contributed by atoms with van der Waals surface area (Å²) in [6, 6.07) is 46.1. The average Bonchev–Trinajstić information content (AvgIpc) is 3.44. The van der Waals surface area contributed by atoms with Crippen molar-refractivity contribution in [3.8, 4) is 0 Å². The van der Waals surface area contributed by atoms with E-state index in [1.54, 1.807) is 6.26 Å². The van der Waals surface area contributed by atoms with E-state index in [-0.39, 0.29) is 0 Å².